The molecule has 86 valence electrons. The lowest BCUT2D eigenvalue weighted by Gasteiger charge is -2.00. The summed E-state index contributed by atoms with van der Waals surface area (Å²) in [5.41, 5.74) is 4.97. The van der Waals surface area contributed by atoms with Crippen LogP contribution in [0.15, 0.2) is 54.9 Å². The van der Waals surface area contributed by atoms with Crippen molar-refractivity contribution >= 4 is 5.91 Å². The SMILES string of the molecule is Cc1cc[n+](NC(=O)Cc2ccccc2)cc1. The summed E-state index contributed by atoms with van der Waals surface area (Å²) in [6.45, 7) is 2.01. The van der Waals surface area contributed by atoms with Gasteiger partial charge < -0.3 is 0 Å². The smallest absolute Gasteiger partial charge is 0.269 e. The zero-order valence-corrected chi connectivity index (χ0v) is 9.76. The molecule has 0 radical (unpaired) electrons. The first-order valence-corrected chi connectivity index (χ1v) is 5.56. The molecule has 1 aromatic heterocycles. The lowest BCUT2D eigenvalue weighted by atomic mass is 10.1. The summed E-state index contributed by atoms with van der Waals surface area (Å²) < 4.78 is 1.66. The van der Waals surface area contributed by atoms with Crippen molar-refractivity contribution < 1.29 is 9.47 Å². The molecule has 0 aliphatic carbocycles. The highest BCUT2D eigenvalue weighted by molar-refractivity contribution is 5.84. The van der Waals surface area contributed by atoms with Gasteiger partial charge in [-0.05, 0) is 18.1 Å². The van der Waals surface area contributed by atoms with Crippen LogP contribution in [0.1, 0.15) is 11.1 Å². The highest BCUT2D eigenvalue weighted by Crippen LogP contribution is 1.99. The maximum Gasteiger partial charge on any atom is 0.279 e. The van der Waals surface area contributed by atoms with Gasteiger partial charge >= 0.3 is 0 Å². The highest BCUT2D eigenvalue weighted by Gasteiger charge is 2.07. The van der Waals surface area contributed by atoms with Gasteiger partial charge in [-0.3, -0.25) is 4.79 Å². The van der Waals surface area contributed by atoms with E-state index in [1.807, 2.05) is 61.8 Å². The summed E-state index contributed by atoms with van der Waals surface area (Å²) in [6, 6.07) is 13.6. The fraction of sp³-hybridized carbons (Fsp3) is 0.143. The number of aryl methyl sites for hydroxylation is 1. The Morgan fingerprint density at radius 2 is 1.76 bits per heavy atom. The van der Waals surface area contributed by atoms with Crippen LogP contribution in [0.3, 0.4) is 0 Å². The van der Waals surface area contributed by atoms with Gasteiger partial charge in [0.15, 0.2) is 12.4 Å². The Morgan fingerprint density at radius 1 is 1.12 bits per heavy atom. The minimum absolute atomic E-state index is 0.0231. The fourth-order valence-corrected chi connectivity index (χ4v) is 1.54. The van der Waals surface area contributed by atoms with Crippen LogP contribution in [0.25, 0.3) is 0 Å². The molecule has 0 atom stereocenters. The van der Waals surface area contributed by atoms with Crippen LogP contribution < -0.4 is 10.1 Å². The van der Waals surface area contributed by atoms with E-state index in [4.69, 9.17) is 0 Å². The molecule has 1 heterocycles. The van der Waals surface area contributed by atoms with Crippen LogP contribution >= 0.6 is 0 Å². The first kappa shape index (κ1) is 11.3. The normalized spacial score (nSPS) is 9.94. The van der Waals surface area contributed by atoms with Gasteiger partial charge in [-0.2, -0.15) is 0 Å². The van der Waals surface area contributed by atoms with Crippen LogP contribution in [0, 0.1) is 6.92 Å². The number of hydrogen-bond acceptors (Lipinski definition) is 1. The third-order valence-electron chi connectivity index (χ3n) is 2.46. The molecule has 2 aromatic rings. The quantitative estimate of drug-likeness (QED) is 0.794. The second kappa shape index (κ2) is 5.25. The zero-order valence-electron chi connectivity index (χ0n) is 9.76. The standard InChI is InChI=1S/C14H14N2O/c1-12-7-9-16(10-8-12)15-14(17)11-13-5-3-2-4-6-13/h2-10H,11H2,1H3/p+1. The number of hydrogen-bond donors (Lipinski definition) is 1. The van der Waals surface area contributed by atoms with Crippen LogP contribution in [0.2, 0.25) is 0 Å². The molecule has 0 aliphatic heterocycles. The van der Waals surface area contributed by atoms with Crippen LogP contribution in [0.4, 0.5) is 0 Å². The zero-order chi connectivity index (χ0) is 12.1. The summed E-state index contributed by atoms with van der Waals surface area (Å²) in [5.74, 6) is -0.0231. The van der Waals surface area contributed by atoms with Crippen LogP contribution in [0.5, 0.6) is 0 Å². The second-order valence-corrected chi connectivity index (χ2v) is 3.98. The van der Waals surface area contributed by atoms with E-state index in [-0.39, 0.29) is 5.91 Å². The van der Waals surface area contributed by atoms with Gasteiger partial charge in [0.25, 0.3) is 5.91 Å². The molecule has 0 aliphatic rings. The van der Waals surface area contributed by atoms with Gasteiger partial charge in [0.1, 0.15) is 0 Å². The monoisotopic (exact) mass is 227 g/mol. The van der Waals surface area contributed by atoms with E-state index in [9.17, 15) is 4.79 Å². The van der Waals surface area contributed by atoms with Crippen molar-refractivity contribution in [3.05, 3.63) is 66.0 Å². The summed E-state index contributed by atoms with van der Waals surface area (Å²) in [5, 5.41) is 0. The Hall–Kier alpha value is -2.16. The maximum atomic E-state index is 11.7. The van der Waals surface area contributed by atoms with Gasteiger partial charge in [0.05, 0.1) is 6.42 Å². The Labute approximate surface area is 101 Å². The lowest BCUT2D eigenvalue weighted by molar-refractivity contribution is -0.642. The third-order valence-corrected chi connectivity index (χ3v) is 2.46. The molecule has 0 saturated carbocycles. The van der Waals surface area contributed by atoms with Crippen molar-refractivity contribution in [1.29, 1.82) is 0 Å². The van der Waals surface area contributed by atoms with Gasteiger partial charge in [-0.15, -0.1) is 5.43 Å². The van der Waals surface area contributed by atoms with E-state index in [1.165, 1.54) is 5.56 Å². The molecule has 0 fully saturated rings. The fourth-order valence-electron chi connectivity index (χ4n) is 1.54. The van der Waals surface area contributed by atoms with Gasteiger partial charge in [0, 0.05) is 12.1 Å². The Kier molecular flexibility index (Phi) is 3.50. The molecular weight excluding hydrogens is 212 g/mol. The van der Waals surface area contributed by atoms with Crippen LogP contribution in [-0.2, 0) is 11.2 Å². The summed E-state index contributed by atoms with van der Waals surface area (Å²) >= 11 is 0. The first-order chi connectivity index (χ1) is 8.24. The molecule has 2 rings (SSSR count). The van der Waals surface area contributed by atoms with Crippen molar-refractivity contribution in [2.75, 3.05) is 5.43 Å². The van der Waals surface area contributed by atoms with Crippen molar-refractivity contribution in [2.45, 2.75) is 13.3 Å². The first-order valence-electron chi connectivity index (χ1n) is 5.56. The molecule has 0 spiro atoms. The second-order valence-electron chi connectivity index (χ2n) is 3.98. The van der Waals surface area contributed by atoms with Crippen molar-refractivity contribution in [3.63, 3.8) is 0 Å². The molecule has 0 saturated heterocycles. The number of rotatable bonds is 3. The topological polar surface area (TPSA) is 33.0 Å². The van der Waals surface area contributed by atoms with Gasteiger partial charge in [0.2, 0.25) is 0 Å². The van der Waals surface area contributed by atoms with E-state index in [0.29, 0.717) is 6.42 Å². The largest absolute Gasteiger partial charge is 0.279 e. The number of benzene rings is 1. The average Bonchev–Trinajstić information content (AvgIpc) is 2.33. The van der Waals surface area contributed by atoms with Crippen molar-refractivity contribution in [2.24, 2.45) is 0 Å². The number of amides is 1. The van der Waals surface area contributed by atoms with E-state index >= 15 is 0 Å². The molecule has 17 heavy (non-hydrogen) atoms. The van der Waals surface area contributed by atoms with Crippen molar-refractivity contribution in [3.8, 4) is 0 Å². The summed E-state index contributed by atoms with van der Waals surface area (Å²) in [4.78, 5) is 11.7. The molecule has 1 amide bonds. The predicted octanol–water partition coefficient (Wildman–Crippen LogP) is 1.60. The molecule has 1 aromatic carbocycles. The van der Waals surface area contributed by atoms with E-state index in [0.717, 1.165) is 5.56 Å². The number of nitrogens with one attached hydrogen (secondary N) is 1. The number of pyridine rings is 1. The Balaban J connectivity index is 1.96. The predicted molar refractivity (Wildman–Crippen MR) is 65.9 cm³/mol. The maximum absolute atomic E-state index is 11.7. The Bertz CT molecular complexity index is 491. The Morgan fingerprint density at radius 3 is 2.41 bits per heavy atom. The molecule has 3 nitrogen and oxygen atoms in total. The van der Waals surface area contributed by atoms with Gasteiger partial charge in [-0.1, -0.05) is 35.0 Å². The number of carbonyl (C=O) groups is 1. The molecule has 0 unspecified atom stereocenters. The lowest BCUT2D eigenvalue weighted by Crippen LogP contribution is -2.48. The number of nitrogens with zero attached hydrogens (tertiary/aromatic N) is 1. The summed E-state index contributed by atoms with van der Waals surface area (Å²) in [6.07, 6.45) is 4.05. The minimum Gasteiger partial charge on any atom is -0.269 e. The molecule has 3 heteroatoms. The molecule has 0 bridgehead atoms. The summed E-state index contributed by atoms with van der Waals surface area (Å²) in [7, 11) is 0. The van der Waals surface area contributed by atoms with E-state index < -0.39 is 0 Å². The number of aromatic nitrogens is 1. The van der Waals surface area contributed by atoms with E-state index in [1.54, 1.807) is 4.68 Å². The molecule has 1 N–H and O–H groups in total. The van der Waals surface area contributed by atoms with Crippen LogP contribution in [-0.4, -0.2) is 5.91 Å². The van der Waals surface area contributed by atoms with Gasteiger partial charge in [-0.25, -0.2) is 0 Å². The number of carbonyl (C=O) groups excluding carboxylic acids is 1. The average molecular weight is 227 g/mol. The highest BCUT2D eigenvalue weighted by atomic mass is 16.2. The molecular formula is C14H15N2O+. The third kappa shape index (κ3) is 3.41. The van der Waals surface area contributed by atoms with E-state index in [2.05, 4.69) is 5.43 Å². The van der Waals surface area contributed by atoms with Crippen molar-refractivity contribution in [1.82, 2.24) is 0 Å². The minimum atomic E-state index is -0.0231.